The molecule has 0 aliphatic heterocycles. The number of benzene rings is 1. The zero-order chi connectivity index (χ0) is 15.0. The molecule has 20 heavy (non-hydrogen) atoms. The van der Waals surface area contributed by atoms with Crippen LogP contribution in [0.15, 0.2) is 24.3 Å². The third-order valence-electron chi connectivity index (χ3n) is 2.68. The van der Waals surface area contributed by atoms with Crippen molar-refractivity contribution in [1.29, 1.82) is 0 Å². The van der Waals surface area contributed by atoms with Gasteiger partial charge in [0.1, 0.15) is 11.8 Å². The van der Waals surface area contributed by atoms with Gasteiger partial charge in [-0.05, 0) is 50.1 Å². The number of phenolic OH excluding ortho intramolecular Hbond substituents is 1. The Bertz CT molecular complexity index is 447. The lowest BCUT2D eigenvalue weighted by atomic mass is 10.1. The molecule has 1 atom stereocenters. The summed E-state index contributed by atoms with van der Waals surface area (Å²) >= 11 is 0. The summed E-state index contributed by atoms with van der Waals surface area (Å²) in [5, 5.41) is 23.0. The number of anilines is 1. The van der Waals surface area contributed by atoms with Gasteiger partial charge in [-0.1, -0.05) is 0 Å². The van der Waals surface area contributed by atoms with E-state index in [4.69, 9.17) is 15.9 Å². The predicted octanol–water partition coefficient (Wildman–Crippen LogP) is 1.10. The number of amides is 2. The fraction of sp³-hybridized carbons (Fsp3) is 0.385. The highest BCUT2D eigenvalue weighted by Gasteiger charge is 2.19. The molecule has 0 radical (unpaired) electrons. The number of urea groups is 1. The molecular weight excluding hydrogens is 262 g/mol. The van der Waals surface area contributed by atoms with E-state index in [0.29, 0.717) is 31.5 Å². The standard InChI is InChI=1S/C13H19N3O4/c14-8-2-1-3-11(12(18)19)16-13(20)15-9-4-6-10(17)7-5-9/h4-7,11,17H,1-3,8,14H2,(H,18,19)(H2,15,16,20). The molecule has 0 fully saturated rings. The number of carbonyl (C=O) groups is 2. The van der Waals surface area contributed by atoms with Crippen molar-refractivity contribution < 1.29 is 19.8 Å². The smallest absolute Gasteiger partial charge is 0.326 e. The first-order chi connectivity index (χ1) is 9.52. The number of carbonyl (C=O) groups excluding carboxylic acids is 1. The van der Waals surface area contributed by atoms with E-state index in [1.54, 1.807) is 0 Å². The monoisotopic (exact) mass is 281 g/mol. The third kappa shape index (κ3) is 5.57. The van der Waals surface area contributed by atoms with E-state index in [0.717, 1.165) is 0 Å². The van der Waals surface area contributed by atoms with Crippen LogP contribution in [-0.4, -0.2) is 34.8 Å². The van der Waals surface area contributed by atoms with Crippen molar-refractivity contribution in [3.05, 3.63) is 24.3 Å². The average molecular weight is 281 g/mol. The number of nitrogens with two attached hydrogens (primary N) is 1. The minimum absolute atomic E-state index is 0.0844. The van der Waals surface area contributed by atoms with E-state index < -0.39 is 18.0 Å². The fourth-order valence-corrected chi connectivity index (χ4v) is 1.62. The first-order valence-electron chi connectivity index (χ1n) is 6.32. The van der Waals surface area contributed by atoms with Crippen molar-refractivity contribution in [2.24, 2.45) is 5.73 Å². The molecule has 0 aliphatic carbocycles. The van der Waals surface area contributed by atoms with Gasteiger partial charge in [-0.2, -0.15) is 0 Å². The zero-order valence-electron chi connectivity index (χ0n) is 11.0. The Morgan fingerprint density at radius 2 is 1.85 bits per heavy atom. The molecule has 0 saturated heterocycles. The zero-order valence-corrected chi connectivity index (χ0v) is 11.0. The maximum Gasteiger partial charge on any atom is 0.326 e. The minimum atomic E-state index is -1.08. The van der Waals surface area contributed by atoms with Gasteiger partial charge in [0.2, 0.25) is 0 Å². The topological polar surface area (TPSA) is 125 Å². The lowest BCUT2D eigenvalue weighted by Gasteiger charge is -2.15. The summed E-state index contributed by atoms with van der Waals surface area (Å²) in [6, 6.07) is 4.32. The maximum atomic E-state index is 11.7. The Morgan fingerprint density at radius 3 is 2.40 bits per heavy atom. The van der Waals surface area contributed by atoms with Gasteiger partial charge in [0.25, 0.3) is 0 Å². The van der Waals surface area contributed by atoms with E-state index >= 15 is 0 Å². The van der Waals surface area contributed by atoms with Crippen LogP contribution in [0.5, 0.6) is 5.75 Å². The molecule has 110 valence electrons. The molecule has 0 saturated carbocycles. The lowest BCUT2D eigenvalue weighted by molar-refractivity contribution is -0.139. The molecule has 1 aromatic rings. The minimum Gasteiger partial charge on any atom is -0.508 e. The first kappa shape index (κ1) is 15.8. The van der Waals surface area contributed by atoms with E-state index in [1.807, 2.05) is 0 Å². The Kier molecular flexibility index (Phi) is 6.31. The van der Waals surface area contributed by atoms with Gasteiger partial charge in [0.15, 0.2) is 0 Å². The molecule has 7 nitrogen and oxygen atoms in total. The van der Waals surface area contributed by atoms with Crippen molar-refractivity contribution in [2.75, 3.05) is 11.9 Å². The summed E-state index contributed by atoms with van der Waals surface area (Å²) in [5.74, 6) is -0.996. The van der Waals surface area contributed by atoms with E-state index in [1.165, 1.54) is 24.3 Å². The van der Waals surface area contributed by atoms with Crippen molar-refractivity contribution in [2.45, 2.75) is 25.3 Å². The summed E-state index contributed by atoms with van der Waals surface area (Å²) in [5.41, 5.74) is 5.80. The molecule has 0 aliphatic rings. The molecule has 0 bridgehead atoms. The number of hydrogen-bond acceptors (Lipinski definition) is 4. The summed E-state index contributed by atoms with van der Waals surface area (Å²) in [7, 11) is 0. The highest BCUT2D eigenvalue weighted by atomic mass is 16.4. The van der Waals surface area contributed by atoms with Gasteiger partial charge < -0.3 is 26.6 Å². The summed E-state index contributed by atoms with van der Waals surface area (Å²) in [6.45, 7) is 0.492. The average Bonchev–Trinajstić information content (AvgIpc) is 2.40. The molecule has 6 N–H and O–H groups in total. The molecule has 0 spiro atoms. The van der Waals surface area contributed by atoms with Crippen LogP contribution in [0.25, 0.3) is 0 Å². The number of rotatable bonds is 7. The van der Waals surface area contributed by atoms with Crippen LogP contribution in [0.2, 0.25) is 0 Å². The number of nitrogens with one attached hydrogen (secondary N) is 2. The second-order valence-electron chi connectivity index (χ2n) is 4.32. The summed E-state index contributed by atoms with van der Waals surface area (Å²) in [4.78, 5) is 22.7. The quantitative estimate of drug-likeness (QED) is 0.378. The van der Waals surface area contributed by atoms with E-state index in [-0.39, 0.29) is 5.75 Å². The van der Waals surface area contributed by atoms with Crippen LogP contribution < -0.4 is 16.4 Å². The number of aliphatic carboxylic acids is 1. The van der Waals surface area contributed by atoms with Crippen LogP contribution in [0.3, 0.4) is 0 Å². The van der Waals surface area contributed by atoms with Gasteiger partial charge >= 0.3 is 12.0 Å². The maximum absolute atomic E-state index is 11.7. The van der Waals surface area contributed by atoms with Gasteiger partial charge in [0.05, 0.1) is 0 Å². The van der Waals surface area contributed by atoms with Crippen LogP contribution in [0.1, 0.15) is 19.3 Å². The van der Waals surface area contributed by atoms with Crippen molar-refractivity contribution in [3.63, 3.8) is 0 Å². The van der Waals surface area contributed by atoms with Gasteiger partial charge in [0, 0.05) is 5.69 Å². The Morgan fingerprint density at radius 1 is 1.20 bits per heavy atom. The molecule has 0 aromatic heterocycles. The Labute approximate surface area is 116 Å². The third-order valence-corrected chi connectivity index (χ3v) is 2.68. The van der Waals surface area contributed by atoms with Crippen molar-refractivity contribution in [1.82, 2.24) is 5.32 Å². The fourth-order valence-electron chi connectivity index (χ4n) is 1.62. The Balaban J connectivity index is 2.48. The largest absolute Gasteiger partial charge is 0.508 e. The normalized spacial score (nSPS) is 11.7. The number of hydrogen-bond donors (Lipinski definition) is 5. The van der Waals surface area contributed by atoms with Gasteiger partial charge in [-0.3, -0.25) is 0 Å². The second-order valence-corrected chi connectivity index (χ2v) is 4.32. The van der Waals surface area contributed by atoms with Gasteiger partial charge in [-0.15, -0.1) is 0 Å². The number of phenols is 1. The summed E-state index contributed by atoms with van der Waals surface area (Å²) < 4.78 is 0. The van der Waals surface area contributed by atoms with Gasteiger partial charge in [-0.25, -0.2) is 9.59 Å². The molecule has 7 heteroatoms. The number of aromatic hydroxyl groups is 1. The van der Waals surface area contributed by atoms with Crippen molar-refractivity contribution in [3.8, 4) is 5.75 Å². The highest BCUT2D eigenvalue weighted by molar-refractivity contribution is 5.92. The molecule has 0 heterocycles. The van der Waals surface area contributed by atoms with Crippen LogP contribution in [0, 0.1) is 0 Å². The molecular formula is C13H19N3O4. The van der Waals surface area contributed by atoms with Crippen LogP contribution >= 0.6 is 0 Å². The van der Waals surface area contributed by atoms with E-state index in [9.17, 15) is 9.59 Å². The summed E-state index contributed by atoms with van der Waals surface area (Å²) in [6.07, 6.45) is 1.67. The molecule has 1 unspecified atom stereocenters. The van der Waals surface area contributed by atoms with Crippen molar-refractivity contribution >= 4 is 17.7 Å². The Hall–Kier alpha value is -2.28. The number of carboxylic acids is 1. The first-order valence-corrected chi connectivity index (χ1v) is 6.32. The number of unbranched alkanes of at least 4 members (excludes halogenated alkanes) is 1. The number of carboxylic acid groups (broad SMARTS) is 1. The van der Waals surface area contributed by atoms with Crippen LogP contribution in [0.4, 0.5) is 10.5 Å². The molecule has 1 aromatic carbocycles. The highest BCUT2D eigenvalue weighted by Crippen LogP contribution is 2.13. The van der Waals surface area contributed by atoms with Crippen LogP contribution in [-0.2, 0) is 4.79 Å². The second kappa shape index (κ2) is 8.00. The van der Waals surface area contributed by atoms with E-state index in [2.05, 4.69) is 10.6 Å². The molecule has 2 amide bonds. The molecule has 1 rings (SSSR count). The SMILES string of the molecule is NCCCCC(NC(=O)Nc1ccc(O)cc1)C(=O)O. The lowest BCUT2D eigenvalue weighted by Crippen LogP contribution is -2.43. The predicted molar refractivity (Wildman–Crippen MR) is 74.6 cm³/mol.